The summed E-state index contributed by atoms with van der Waals surface area (Å²) in [5.41, 5.74) is 0. The number of piperidine rings is 1. The van der Waals surface area contributed by atoms with Gasteiger partial charge in [-0.2, -0.15) is 0 Å². The van der Waals surface area contributed by atoms with Crippen molar-refractivity contribution in [2.75, 3.05) is 53.3 Å². The van der Waals surface area contributed by atoms with Crippen molar-refractivity contribution in [1.29, 1.82) is 0 Å². The van der Waals surface area contributed by atoms with Gasteiger partial charge >= 0.3 is 6.09 Å². The molecule has 2 heterocycles. The zero-order valence-electron chi connectivity index (χ0n) is 20.8. The van der Waals surface area contributed by atoms with Gasteiger partial charge in [-0.15, -0.1) is 11.8 Å². The number of benzene rings is 2. The fourth-order valence-electron chi connectivity index (χ4n) is 4.36. The molecule has 0 N–H and O–H groups in total. The maximum absolute atomic E-state index is 12.8. The molecule has 2 aliphatic heterocycles. The number of amides is 2. The van der Waals surface area contributed by atoms with E-state index in [9.17, 15) is 9.59 Å². The van der Waals surface area contributed by atoms with Crippen molar-refractivity contribution in [1.82, 2.24) is 9.80 Å². The van der Waals surface area contributed by atoms with Gasteiger partial charge in [-0.05, 0) is 55.3 Å². The average molecular weight is 517 g/mol. The first-order valence-corrected chi connectivity index (χ1v) is 12.9. The highest BCUT2D eigenvalue weighted by atomic mass is 32.2. The quantitative estimate of drug-likeness (QED) is 0.442. The zero-order valence-corrected chi connectivity index (χ0v) is 21.6. The third kappa shape index (κ3) is 6.29. The van der Waals surface area contributed by atoms with E-state index in [0.29, 0.717) is 49.2 Å². The lowest BCUT2D eigenvalue weighted by molar-refractivity contribution is -0.129. The number of carbonyl (C=O) groups excluding carboxylic acids is 2. The van der Waals surface area contributed by atoms with Crippen molar-refractivity contribution < 1.29 is 33.3 Å². The van der Waals surface area contributed by atoms with Crippen LogP contribution in [0.15, 0.2) is 47.4 Å². The predicted octanol–water partition coefficient (Wildman–Crippen LogP) is 3.70. The summed E-state index contributed by atoms with van der Waals surface area (Å²) in [5, 5.41) is 0. The maximum Gasteiger partial charge on any atom is 0.410 e. The molecule has 2 aromatic carbocycles. The van der Waals surface area contributed by atoms with E-state index in [2.05, 4.69) is 0 Å². The molecule has 0 spiro atoms. The Morgan fingerprint density at radius 2 is 1.67 bits per heavy atom. The third-order valence-electron chi connectivity index (χ3n) is 6.37. The largest absolute Gasteiger partial charge is 0.497 e. The Bertz CT molecular complexity index is 1040. The monoisotopic (exact) mass is 516 g/mol. The molecule has 9 nitrogen and oxygen atoms in total. The first-order chi connectivity index (χ1) is 17.5. The minimum Gasteiger partial charge on any atom is -0.497 e. The van der Waals surface area contributed by atoms with E-state index < -0.39 is 0 Å². The number of nitrogens with zero attached hydrogens (tertiary/aromatic N) is 2. The SMILES string of the molecule is COc1ccc(OCC2CN(C3CCN(C(=O)CSc4ccc(OC)c(OC)c4)CC3)C(=O)O2)cc1. The van der Waals surface area contributed by atoms with Gasteiger partial charge in [-0.25, -0.2) is 4.79 Å². The molecule has 4 rings (SSSR count). The number of cyclic esters (lactones) is 1. The van der Waals surface area contributed by atoms with Crippen LogP contribution in [0.3, 0.4) is 0 Å². The highest BCUT2D eigenvalue weighted by Crippen LogP contribution is 2.32. The molecular formula is C26H32N2O7S. The number of carbonyl (C=O) groups is 2. The van der Waals surface area contributed by atoms with Crippen LogP contribution in [0.25, 0.3) is 0 Å². The fraction of sp³-hybridized carbons (Fsp3) is 0.462. The molecule has 2 aromatic rings. The van der Waals surface area contributed by atoms with Crippen molar-refractivity contribution in [3.8, 4) is 23.0 Å². The molecular weight excluding hydrogens is 484 g/mol. The van der Waals surface area contributed by atoms with E-state index in [-0.39, 0.29) is 24.1 Å². The van der Waals surface area contributed by atoms with Crippen LogP contribution in [0, 0.1) is 0 Å². The molecule has 2 aliphatic rings. The number of ether oxygens (including phenoxy) is 5. The van der Waals surface area contributed by atoms with Crippen molar-refractivity contribution in [2.24, 2.45) is 0 Å². The molecule has 0 aromatic heterocycles. The second-order valence-electron chi connectivity index (χ2n) is 8.56. The smallest absolute Gasteiger partial charge is 0.410 e. The van der Waals surface area contributed by atoms with E-state index in [1.54, 1.807) is 26.2 Å². The van der Waals surface area contributed by atoms with E-state index in [1.165, 1.54) is 11.8 Å². The van der Waals surface area contributed by atoms with Gasteiger partial charge in [-0.3, -0.25) is 4.79 Å². The summed E-state index contributed by atoms with van der Waals surface area (Å²) in [6, 6.07) is 13.0. The average Bonchev–Trinajstić information content (AvgIpc) is 3.30. The first kappa shape index (κ1) is 25.8. The molecule has 194 valence electrons. The second kappa shape index (κ2) is 12.1. The van der Waals surface area contributed by atoms with Crippen molar-refractivity contribution in [3.05, 3.63) is 42.5 Å². The lowest BCUT2D eigenvalue weighted by atomic mass is 10.0. The van der Waals surface area contributed by atoms with Crippen molar-refractivity contribution in [3.63, 3.8) is 0 Å². The summed E-state index contributed by atoms with van der Waals surface area (Å²) in [4.78, 5) is 29.8. The van der Waals surface area contributed by atoms with Crippen LogP contribution in [-0.2, 0) is 9.53 Å². The Hall–Kier alpha value is -3.27. The lowest BCUT2D eigenvalue weighted by Crippen LogP contribution is -2.47. The Balaban J connectivity index is 1.20. The Morgan fingerprint density at radius 1 is 0.972 bits per heavy atom. The van der Waals surface area contributed by atoms with Crippen LogP contribution in [0.5, 0.6) is 23.0 Å². The van der Waals surface area contributed by atoms with E-state index in [4.69, 9.17) is 23.7 Å². The summed E-state index contributed by atoms with van der Waals surface area (Å²) < 4.78 is 27.1. The van der Waals surface area contributed by atoms with Crippen molar-refractivity contribution in [2.45, 2.75) is 29.9 Å². The van der Waals surface area contributed by atoms with E-state index in [0.717, 1.165) is 23.5 Å². The number of hydrogen-bond donors (Lipinski definition) is 0. The first-order valence-electron chi connectivity index (χ1n) is 11.9. The molecule has 0 aliphatic carbocycles. The summed E-state index contributed by atoms with van der Waals surface area (Å²) in [6.07, 6.45) is 0.825. The molecule has 0 radical (unpaired) electrons. The van der Waals surface area contributed by atoms with Crippen LogP contribution in [0.1, 0.15) is 12.8 Å². The van der Waals surface area contributed by atoms with Crippen LogP contribution >= 0.6 is 11.8 Å². The normalized spacial score (nSPS) is 18.1. The summed E-state index contributed by atoms with van der Waals surface area (Å²) in [6.45, 7) is 2.02. The number of likely N-dealkylation sites (tertiary alicyclic amines) is 1. The van der Waals surface area contributed by atoms with Gasteiger partial charge in [0.05, 0.1) is 33.6 Å². The molecule has 1 atom stereocenters. The van der Waals surface area contributed by atoms with Crippen LogP contribution in [0.2, 0.25) is 0 Å². The summed E-state index contributed by atoms with van der Waals surface area (Å²) in [5.74, 6) is 3.18. The Labute approximate surface area is 215 Å². The molecule has 2 fully saturated rings. The van der Waals surface area contributed by atoms with Gasteiger partial charge < -0.3 is 33.5 Å². The highest BCUT2D eigenvalue weighted by molar-refractivity contribution is 8.00. The summed E-state index contributed by atoms with van der Waals surface area (Å²) in [7, 11) is 4.80. The molecule has 36 heavy (non-hydrogen) atoms. The molecule has 1 unspecified atom stereocenters. The maximum atomic E-state index is 12.8. The summed E-state index contributed by atoms with van der Waals surface area (Å²) >= 11 is 1.47. The Morgan fingerprint density at radius 3 is 2.33 bits per heavy atom. The lowest BCUT2D eigenvalue weighted by Gasteiger charge is -2.35. The molecule has 0 bridgehead atoms. The topological polar surface area (TPSA) is 86.8 Å². The van der Waals surface area contributed by atoms with Gasteiger partial charge in [0.2, 0.25) is 5.91 Å². The number of thioether (sulfide) groups is 1. The number of rotatable bonds is 10. The molecule has 2 saturated heterocycles. The molecule has 0 saturated carbocycles. The van der Waals surface area contributed by atoms with E-state index >= 15 is 0 Å². The zero-order chi connectivity index (χ0) is 25.5. The van der Waals surface area contributed by atoms with E-state index in [1.807, 2.05) is 47.4 Å². The van der Waals surface area contributed by atoms with Crippen molar-refractivity contribution >= 4 is 23.8 Å². The second-order valence-corrected chi connectivity index (χ2v) is 9.61. The van der Waals surface area contributed by atoms with Gasteiger partial charge in [0.25, 0.3) is 0 Å². The Kier molecular flexibility index (Phi) is 8.69. The highest BCUT2D eigenvalue weighted by Gasteiger charge is 2.38. The van der Waals surface area contributed by atoms with Gasteiger partial charge in [0.1, 0.15) is 18.1 Å². The standard InChI is InChI=1S/C26H32N2O7S/c1-31-19-4-6-20(7-5-19)34-16-21-15-28(26(30)35-21)18-10-12-27(13-11-18)25(29)17-36-22-8-9-23(32-2)24(14-22)33-3/h4-9,14,18,21H,10-13,15-17H2,1-3H3. The third-order valence-corrected chi connectivity index (χ3v) is 7.35. The number of hydrogen-bond acceptors (Lipinski definition) is 8. The molecule has 10 heteroatoms. The van der Waals surface area contributed by atoms with Gasteiger partial charge in [-0.1, -0.05) is 0 Å². The fourth-order valence-corrected chi connectivity index (χ4v) is 5.18. The predicted molar refractivity (Wildman–Crippen MR) is 135 cm³/mol. The minimum atomic E-state index is -0.322. The van der Waals surface area contributed by atoms with Crippen LogP contribution in [-0.4, -0.2) is 87.3 Å². The number of methoxy groups -OCH3 is 3. The van der Waals surface area contributed by atoms with Crippen LogP contribution in [0.4, 0.5) is 4.79 Å². The van der Waals surface area contributed by atoms with Gasteiger partial charge in [0, 0.05) is 24.0 Å². The van der Waals surface area contributed by atoms with Gasteiger partial charge in [0.15, 0.2) is 17.6 Å². The molecule has 2 amide bonds. The minimum absolute atomic E-state index is 0.0611. The van der Waals surface area contributed by atoms with Crippen LogP contribution < -0.4 is 18.9 Å².